The fourth-order valence-electron chi connectivity index (χ4n) is 4.06. The lowest BCUT2D eigenvalue weighted by molar-refractivity contribution is 0.802. The molecule has 1 saturated heterocycles. The molecule has 1 aliphatic heterocycles. The first-order valence-electron chi connectivity index (χ1n) is 8.32. The Morgan fingerprint density at radius 2 is 1.74 bits per heavy atom. The minimum atomic E-state index is -1.82. The van der Waals surface area contributed by atoms with Crippen molar-refractivity contribution in [2.45, 2.75) is 31.4 Å². The zero-order valence-corrected chi connectivity index (χ0v) is 14.4. The Labute approximate surface area is 138 Å². The summed E-state index contributed by atoms with van der Waals surface area (Å²) in [6.07, 6.45) is 6.21. The molecule has 2 atom stereocenters. The molecule has 0 spiro atoms. The highest BCUT2D eigenvalue weighted by molar-refractivity contribution is 6.92. The Morgan fingerprint density at radius 3 is 2.35 bits per heavy atom. The number of hydrogen-bond donors (Lipinski definition) is 0. The van der Waals surface area contributed by atoms with Gasteiger partial charge in [0.15, 0.2) is 0 Å². The normalized spacial score (nSPS) is 24.0. The molecular formula is C19H21N3Si. The van der Waals surface area contributed by atoms with E-state index < -0.39 is 8.24 Å². The Morgan fingerprint density at radius 1 is 1.00 bits per heavy atom. The summed E-state index contributed by atoms with van der Waals surface area (Å²) >= 11 is 0. The van der Waals surface area contributed by atoms with Crippen molar-refractivity contribution >= 4 is 13.4 Å². The summed E-state index contributed by atoms with van der Waals surface area (Å²) in [7, 11) is -1.82. The van der Waals surface area contributed by atoms with E-state index in [2.05, 4.69) is 76.0 Å². The van der Waals surface area contributed by atoms with Crippen LogP contribution in [-0.2, 0) is 0 Å². The lowest BCUT2D eigenvalue weighted by Gasteiger charge is -2.31. The topological polar surface area (TPSA) is 30.7 Å². The molecule has 2 unspecified atom stereocenters. The van der Waals surface area contributed by atoms with Crippen LogP contribution in [0.3, 0.4) is 0 Å². The molecule has 0 radical (unpaired) electrons. The molecule has 2 heterocycles. The first-order chi connectivity index (χ1) is 11.3. The average molecular weight is 319 g/mol. The van der Waals surface area contributed by atoms with E-state index >= 15 is 0 Å². The fraction of sp³-hybridized carbons (Fsp3) is 0.263. The summed E-state index contributed by atoms with van der Waals surface area (Å²) in [4.78, 5) is 4.22. The van der Waals surface area contributed by atoms with Gasteiger partial charge in [0.05, 0.1) is 0 Å². The first kappa shape index (κ1) is 14.4. The van der Waals surface area contributed by atoms with Crippen molar-refractivity contribution in [2.24, 2.45) is 0 Å². The van der Waals surface area contributed by atoms with E-state index in [0.29, 0.717) is 5.54 Å². The minimum Gasteiger partial charge on any atom is -0.278 e. The maximum atomic E-state index is 4.55. The number of hydrogen-bond acceptors (Lipinski definition) is 2. The van der Waals surface area contributed by atoms with Crippen molar-refractivity contribution in [3.05, 3.63) is 67.3 Å². The van der Waals surface area contributed by atoms with Crippen molar-refractivity contribution < 1.29 is 0 Å². The van der Waals surface area contributed by atoms with Gasteiger partial charge >= 0.3 is 0 Å². The predicted molar refractivity (Wildman–Crippen MR) is 96.2 cm³/mol. The highest BCUT2D eigenvalue weighted by Gasteiger charge is 2.47. The molecule has 0 amide bonds. The van der Waals surface area contributed by atoms with E-state index in [1.54, 1.807) is 6.33 Å². The van der Waals surface area contributed by atoms with Crippen LogP contribution < -0.4 is 5.19 Å². The molecule has 4 heteroatoms. The van der Waals surface area contributed by atoms with Gasteiger partial charge in [-0.05, 0) is 27.9 Å². The van der Waals surface area contributed by atoms with Crippen molar-refractivity contribution in [2.75, 3.05) is 0 Å². The third-order valence-electron chi connectivity index (χ3n) is 5.33. The molecule has 2 aromatic carbocycles. The van der Waals surface area contributed by atoms with E-state index in [1.807, 2.05) is 6.33 Å². The van der Waals surface area contributed by atoms with Gasteiger partial charge in [-0.2, -0.15) is 5.10 Å². The maximum Gasteiger partial charge on any atom is 0.220 e. The van der Waals surface area contributed by atoms with Gasteiger partial charge in [0.1, 0.15) is 12.7 Å². The summed E-state index contributed by atoms with van der Waals surface area (Å²) in [6.45, 7) is 2.39. The molecule has 0 bridgehead atoms. The molecule has 3 nitrogen and oxygen atoms in total. The smallest absolute Gasteiger partial charge is 0.220 e. The molecule has 4 rings (SSSR count). The number of aromatic nitrogens is 3. The Hall–Kier alpha value is -2.20. The summed E-state index contributed by atoms with van der Waals surface area (Å²) in [5, 5.41) is 6.02. The molecule has 0 aliphatic carbocycles. The maximum absolute atomic E-state index is 4.55. The van der Waals surface area contributed by atoms with Gasteiger partial charge in [0, 0.05) is 0 Å². The van der Waals surface area contributed by atoms with Crippen LogP contribution in [0, 0.1) is 0 Å². The van der Waals surface area contributed by atoms with Gasteiger partial charge < -0.3 is 0 Å². The third kappa shape index (κ3) is 2.34. The van der Waals surface area contributed by atoms with E-state index in [9.17, 15) is 0 Å². The van der Waals surface area contributed by atoms with Crippen LogP contribution in [0.1, 0.15) is 19.8 Å². The largest absolute Gasteiger partial charge is 0.278 e. The molecule has 1 aromatic heterocycles. The van der Waals surface area contributed by atoms with Crippen molar-refractivity contribution in [3.63, 3.8) is 0 Å². The number of benzene rings is 2. The summed E-state index contributed by atoms with van der Waals surface area (Å²) in [6, 6.07) is 21.0. The number of rotatable bonds is 3. The third-order valence-corrected chi connectivity index (χ3v) is 10.7. The van der Waals surface area contributed by atoms with Crippen LogP contribution in [0.15, 0.2) is 67.3 Å². The van der Waals surface area contributed by atoms with Gasteiger partial charge in [-0.15, -0.1) is 0 Å². The van der Waals surface area contributed by atoms with Crippen molar-refractivity contribution in [3.8, 4) is 11.1 Å². The Bertz CT molecular complexity index is 768. The predicted octanol–water partition coefficient (Wildman–Crippen LogP) is 3.83. The summed E-state index contributed by atoms with van der Waals surface area (Å²) in [5.74, 6) is 0. The van der Waals surface area contributed by atoms with Crippen molar-refractivity contribution in [1.82, 2.24) is 14.4 Å². The van der Waals surface area contributed by atoms with Gasteiger partial charge in [-0.25, -0.2) is 4.98 Å². The van der Waals surface area contributed by atoms with Crippen LogP contribution in [-0.4, -0.2) is 22.7 Å². The fourth-order valence-corrected chi connectivity index (χ4v) is 9.06. The second kappa shape index (κ2) is 5.78. The van der Waals surface area contributed by atoms with Crippen LogP contribution in [0.5, 0.6) is 0 Å². The second-order valence-electron chi connectivity index (χ2n) is 6.50. The molecule has 0 N–H and O–H groups in total. The van der Waals surface area contributed by atoms with Gasteiger partial charge in [-0.3, -0.25) is 4.35 Å². The van der Waals surface area contributed by atoms with E-state index in [1.165, 1.54) is 35.2 Å². The van der Waals surface area contributed by atoms with Crippen molar-refractivity contribution in [1.29, 1.82) is 0 Å². The lowest BCUT2D eigenvalue weighted by atomic mass is 10.1. The van der Waals surface area contributed by atoms with Crippen LogP contribution in [0.4, 0.5) is 0 Å². The van der Waals surface area contributed by atoms with Crippen LogP contribution >= 0.6 is 0 Å². The standard InChI is InChI=1S/C19H21N3Si/c1-16-6-5-13-23(16,22-15-20-14-21-22)19-11-9-18(10-12-19)17-7-3-2-4-8-17/h2-4,7-12,14-16H,5-6,13H2,1H3. The van der Waals surface area contributed by atoms with Gasteiger partial charge in [-0.1, -0.05) is 74.4 Å². The average Bonchev–Trinajstić information content (AvgIpc) is 3.26. The quantitative estimate of drug-likeness (QED) is 0.687. The molecule has 1 aliphatic rings. The molecular weight excluding hydrogens is 298 g/mol. The molecule has 3 aromatic rings. The lowest BCUT2D eigenvalue weighted by Crippen LogP contribution is -2.55. The zero-order chi connectivity index (χ0) is 15.7. The Kier molecular flexibility index (Phi) is 3.62. The minimum absolute atomic E-state index is 0.701. The van der Waals surface area contributed by atoms with E-state index in [-0.39, 0.29) is 0 Å². The first-order valence-corrected chi connectivity index (χ1v) is 10.5. The highest BCUT2D eigenvalue weighted by atomic mass is 28.3. The molecule has 116 valence electrons. The molecule has 1 fully saturated rings. The zero-order valence-electron chi connectivity index (χ0n) is 13.4. The monoisotopic (exact) mass is 319 g/mol. The van der Waals surface area contributed by atoms with E-state index in [0.717, 1.165) is 0 Å². The Balaban J connectivity index is 1.76. The highest BCUT2D eigenvalue weighted by Crippen LogP contribution is 2.39. The van der Waals surface area contributed by atoms with Crippen LogP contribution in [0.2, 0.25) is 11.6 Å². The number of nitrogens with zero attached hydrogens (tertiary/aromatic N) is 3. The van der Waals surface area contributed by atoms with Gasteiger partial charge in [0.25, 0.3) is 0 Å². The van der Waals surface area contributed by atoms with E-state index in [4.69, 9.17) is 0 Å². The summed E-state index contributed by atoms with van der Waals surface area (Å²) < 4.78 is 2.21. The van der Waals surface area contributed by atoms with Crippen LogP contribution in [0.25, 0.3) is 11.1 Å². The van der Waals surface area contributed by atoms with Gasteiger partial charge in [0.2, 0.25) is 8.24 Å². The molecule has 23 heavy (non-hydrogen) atoms. The summed E-state index contributed by atoms with van der Waals surface area (Å²) in [5.41, 5.74) is 3.25. The SMILES string of the molecule is CC1CCC[Si]1(c1ccc(-c2ccccc2)cc1)n1cncn1. The molecule has 0 saturated carbocycles. The second-order valence-corrected chi connectivity index (χ2v) is 10.9.